The molecule has 0 aliphatic carbocycles. The molecule has 18 heavy (non-hydrogen) atoms. The number of aliphatic carboxylic acids is 1. The van der Waals surface area contributed by atoms with E-state index in [9.17, 15) is 4.79 Å². The number of benzene rings is 1. The molecule has 1 fully saturated rings. The Labute approximate surface area is 112 Å². The maximum atomic E-state index is 10.6. The van der Waals surface area contributed by atoms with Crippen molar-refractivity contribution in [3.05, 3.63) is 46.5 Å². The molecule has 1 saturated heterocycles. The molecule has 1 heterocycles. The van der Waals surface area contributed by atoms with Crippen molar-refractivity contribution in [2.45, 2.75) is 19.4 Å². The molecule has 0 saturated carbocycles. The molecule has 3 nitrogen and oxygen atoms in total. The Morgan fingerprint density at radius 2 is 1.89 bits per heavy atom. The first-order chi connectivity index (χ1) is 8.63. The highest BCUT2D eigenvalue weighted by Crippen LogP contribution is 2.18. The maximum absolute atomic E-state index is 10.6. The van der Waals surface area contributed by atoms with Crippen LogP contribution in [-0.4, -0.2) is 29.1 Å². The predicted molar refractivity (Wildman–Crippen MR) is 71.7 cm³/mol. The van der Waals surface area contributed by atoms with Crippen LogP contribution in [0.25, 0.3) is 0 Å². The summed E-state index contributed by atoms with van der Waals surface area (Å²) < 4.78 is 0. The summed E-state index contributed by atoms with van der Waals surface area (Å²) in [7, 11) is 0. The van der Waals surface area contributed by atoms with Crippen LogP contribution in [-0.2, 0) is 11.3 Å². The number of carbonyl (C=O) groups is 1. The van der Waals surface area contributed by atoms with Gasteiger partial charge in [-0.15, -0.1) is 0 Å². The highest BCUT2D eigenvalue weighted by molar-refractivity contribution is 6.30. The van der Waals surface area contributed by atoms with E-state index in [0.717, 1.165) is 43.1 Å². The van der Waals surface area contributed by atoms with Crippen LogP contribution < -0.4 is 0 Å². The Balaban J connectivity index is 1.87. The lowest BCUT2D eigenvalue weighted by Gasteiger charge is -2.28. The standard InChI is InChI=1S/C14H16ClNO2/c15-13-3-1-12(2-4-13)10-16-7-5-11(6-8-16)9-14(17)18/h1-4,9H,5-8,10H2,(H,17,18). The van der Waals surface area contributed by atoms with E-state index in [1.165, 1.54) is 11.6 Å². The van der Waals surface area contributed by atoms with Gasteiger partial charge in [-0.25, -0.2) is 4.79 Å². The Morgan fingerprint density at radius 3 is 2.44 bits per heavy atom. The number of nitrogens with zero attached hydrogens (tertiary/aromatic N) is 1. The van der Waals surface area contributed by atoms with Crippen LogP contribution in [0, 0.1) is 0 Å². The van der Waals surface area contributed by atoms with E-state index in [2.05, 4.69) is 4.90 Å². The molecule has 0 spiro atoms. The van der Waals surface area contributed by atoms with Gasteiger partial charge in [-0.3, -0.25) is 4.90 Å². The summed E-state index contributed by atoms with van der Waals surface area (Å²) in [5, 5.41) is 9.44. The molecule has 1 aliphatic rings. The fourth-order valence-corrected chi connectivity index (χ4v) is 2.29. The molecule has 1 aromatic carbocycles. The minimum Gasteiger partial charge on any atom is -0.478 e. The molecule has 1 N–H and O–H groups in total. The zero-order valence-corrected chi connectivity index (χ0v) is 10.9. The molecule has 0 unspecified atom stereocenters. The van der Waals surface area contributed by atoms with Gasteiger partial charge in [0.25, 0.3) is 0 Å². The molecule has 0 radical (unpaired) electrons. The van der Waals surface area contributed by atoms with E-state index >= 15 is 0 Å². The van der Waals surface area contributed by atoms with Crippen LogP contribution in [0.5, 0.6) is 0 Å². The van der Waals surface area contributed by atoms with E-state index in [0.29, 0.717) is 0 Å². The Morgan fingerprint density at radius 1 is 1.28 bits per heavy atom. The molecule has 96 valence electrons. The van der Waals surface area contributed by atoms with Crippen molar-refractivity contribution in [1.82, 2.24) is 4.90 Å². The molecule has 0 amide bonds. The van der Waals surface area contributed by atoms with Crippen molar-refractivity contribution < 1.29 is 9.90 Å². The number of rotatable bonds is 3. The molecule has 0 bridgehead atoms. The normalized spacial score (nSPS) is 16.6. The summed E-state index contributed by atoms with van der Waals surface area (Å²) in [6, 6.07) is 7.86. The fourth-order valence-electron chi connectivity index (χ4n) is 2.17. The quantitative estimate of drug-likeness (QED) is 0.855. The lowest BCUT2D eigenvalue weighted by atomic mass is 10.0. The summed E-state index contributed by atoms with van der Waals surface area (Å²) >= 11 is 5.85. The first kappa shape index (κ1) is 13.1. The molecule has 4 heteroatoms. The zero-order valence-electron chi connectivity index (χ0n) is 10.1. The smallest absolute Gasteiger partial charge is 0.328 e. The SMILES string of the molecule is O=C(O)C=C1CCN(Cc2ccc(Cl)cc2)CC1. The average molecular weight is 266 g/mol. The first-order valence-corrected chi connectivity index (χ1v) is 6.40. The van der Waals surface area contributed by atoms with E-state index in [4.69, 9.17) is 16.7 Å². The lowest BCUT2D eigenvalue weighted by Crippen LogP contribution is -2.30. The summed E-state index contributed by atoms with van der Waals surface area (Å²) in [6.45, 7) is 2.74. The van der Waals surface area contributed by atoms with Gasteiger partial charge in [-0.05, 0) is 30.5 Å². The van der Waals surface area contributed by atoms with Crippen molar-refractivity contribution in [1.29, 1.82) is 0 Å². The van der Waals surface area contributed by atoms with Crippen molar-refractivity contribution >= 4 is 17.6 Å². The van der Waals surface area contributed by atoms with Gasteiger partial charge >= 0.3 is 5.97 Å². The van der Waals surface area contributed by atoms with Crippen molar-refractivity contribution in [3.8, 4) is 0 Å². The summed E-state index contributed by atoms with van der Waals surface area (Å²) in [5.74, 6) is -0.837. The molecule has 2 rings (SSSR count). The number of carboxylic acid groups (broad SMARTS) is 1. The molecule has 0 atom stereocenters. The lowest BCUT2D eigenvalue weighted by molar-refractivity contribution is -0.131. The number of hydrogen-bond donors (Lipinski definition) is 1. The first-order valence-electron chi connectivity index (χ1n) is 6.02. The average Bonchev–Trinajstić information content (AvgIpc) is 2.34. The van der Waals surface area contributed by atoms with Gasteiger partial charge in [-0.1, -0.05) is 29.3 Å². The number of likely N-dealkylation sites (tertiary alicyclic amines) is 1. The molecule has 1 aromatic rings. The third-order valence-electron chi connectivity index (χ3n) is 3.15. The third kappa shape index (κ3) is 3.86. The number of halogens is 1. The molecule has 0 aromatic heterocycles. The molecular weight excluding hydrogens is 250 g/mol. The predicted octanol–water partition coefficient (Wildman–Crippen LogP) is 2.95. The van der Waals surface area contributed by atoms with Gasteiger partial charge < -0.3 is 5.11 Å². The fraction of sp³-hybridized carbons (Fsp3) is 0.357. The van der Waals surface area contributed by atoms with Crippen molar-refractivity contribution in [2.75, 3.05) is 13.1 Å². The van der Waals surface area contributed by atoms with Crippen LogP contribution in [0.15, 0.2) is 35.9 Å². The van der Waals surface area contributed by atoms with Crippen molar-refractivity contribution in [2.24, 2.45) is 0 Å². The highest BCUT2D eigenvalue weighted by atomic mass is 35.5. The zero-order chi connectivity index (χ0) is 13.0. The van der Waals surface area contributed by atoms with Crippen LogP contribution in [0.1, 0.15) is 18.4 Å². The monoisotopic (exact) mass is 265 g/mol. The van der Waals surface area contributed by atoms with E-state index in [1.807, 2.05) is 24.3 Å². The number of hydrogen-bond acceptors (Lipinski definition) is 2. The highest BCUT2D eigenvalue weighted by Gasteiger charge is 2.14. The molecule has 1 aliphatic heterocycles. The van der Waals surface area contributed by atoms with Crippen molar-refractivity contribution in [3.63, 3.8) is 0 Å². The van der Waals surface area contributed by atoms with Crippen LogP contribution in [0.3, 0.4) is 0 Å². The molecular formula is C14H16ClNO2. The Hall–Kier alpha value is -1.32. The van der Waals surface area contributed by atoms with E-state index < -0.39 is 5.97 Å². The minimum absolute atomic E-state index is 0.754. The Kier molecular flexibility index (Phi) is 4.39. The largest absolute Gasteiger partial charge is 0.478 e. The van der Waals surface area contributed by atoms with Gasteiger partial charge in [0.1, 0.15) is 0 Å². The topological polar surface area (TPSA) is 40.5 Å². The van der Waals surface area contributed by atoms with Crippen LogP contribution in [0.4, 0.5) is 0 Å². The number of carboxylic acids is 1. The van der Waals surface area contributed by atoms with Crippen LogP contribution >= 0.6 is 11.6 Å². The Bertz CT molecular complexity index is 443. The maximum Gasteiger partial charge on any atom is 0.328 e. The van der Waals surface area contributed by atoms with Gasteiger partial charge in [0.15, 0.2) is 0 Å². The second-order valence-electron chi connectivity index (χ2n) is 4.54. The van der Waals surface area contributed by atoms with Gasteiger partial charge in [0.05, 0.1) is 0 Å². The number of piperidine rings is 1. The minimum atomic E-state index is -0.837. The van der Waals surface area contributed by atoms with Gasteiger partial charge in [-0.2, -0.15) is 0 Å². The van der Waals surface area contributed by atoms with E-state index in [1.54, 1.807) is 0 Å². The van der Waals surface area contributed by atoms with Crippen LogP contribution in [0.2, 0.25) is 5.02 Å². The second-order valence-corrected chi connectivity index (χ2v) is 4.98. The third-order valence-corrected chi connectivity index (χ3v) is 3.40. The summed E-state index contributed by atoms with van der Waals surface area (Å²) in [4.78, 5) is 12.9. The second kappa shape index (κ2) is 6.03. The summed E-state index contributed by atoms with van der Waals surface area (Å²) in [6.07, 6.45) is 3.04. The van der Waals surface area contributed by atoms with E-state index in [-0.39, 0.29) is 0 Å². The van der Waals surface area contributed by atoms with Gasteiger partial charge in [0.2, 0.25) is 0 Å². The van der Waals surface area contributed by atoms with Gasteiger partial charge in [0, 0.05) is 30.7 Å². The summed E-state index contributed by atoms with van der Waals surface area (Å²) in [5.41, 5.74) is 2.28.